The van der Waals surface area contributed by atoms with Crippen LogP contribution >= 0.6 is 23.2 Å². The third-order valence-corrected chi connectivity index (χ3v) is 5.14. The van der Waals surface area contributed by atoms with Crippen LogP contribution < -0.4 is 0 Å². The second-order valence-electron chi connectivity index (χ2n) is 5.57. The predicted octanol–water partition coefficient (Wildman–Crippen LogP) is 3.75. The molecule has 2 atom stereocenters. The minimum atomic E-state index is -0.660. The standard InChI is InChI=1S/C15H16Cl2O3/c1-19-14(18)15(7-10-3-4-11(8-15)20-10)9-2-5-12(16)13(17)6-9/h2,5-6,10-11H,3-4,7-8H2,1H3. The fraction of sp³-hybridized carbons (Fsp3) is 0.533. The summed E-state index contributed by atoms with van der Waals surface area (Å²) < 4.78 is 10.9. The number of ether oxygens (including phenoxy) is 2. The van der Waals surface area contributed by atoms with Crippen LogP contribution in [0.25, 0.3) is 0 Å². The Balaban J connectivity index is 2.06. The molecule has 3 rings (SSSR count). The fourth-order valence-electron chi connectivity index (χ4n) is 3.45. The molecule has 20 heavy (non-hydrogen) atoms. The predicted molar refractivity (Wildman–Crippen MR) is 77.3 cm³/mol. The molecule has 2 bridgehead atoms. The average molecular weight is 315 g/mol. The van der Waals surface area contributed by atoms with Crippen LogP contribution in [-0.4, -0.2) is 25.3 Å². The van der Waals surface area contributed by atoms with E-state index in [9.17, 15) is 4.79 Å². The molecular weight excluding hydrogens is 299 g/mol. The molecule has 0 N–H and O–H groups in total. The topological polar surface area (TPSA) is 35.5 Å². The maximum atomic E-state index is 12.5. The smallest absolute Gasteiger partial charge is 0.316 e. The average Bonchev–Trinajstić information content (AvgIpc) is 2.79. The van der Waals surface area contributed by atoms with Crippen LogP contribution in [0.5, 0.6) is 0 Å². The summed E-state index contributed by atoms with van der Waals surface area (Å²) in [6, 6.07) is 5.39. The molecule has 0 aliphatic carbocycles. The first-order valence-electron chi connectivity index (χ1n) is 6.74. The van der Waals surface area contributed by atoms with Gasteiger partial charge in [-0.05, 0) is 43.4 Å². The van der Waals surface area contributed by atoms with Crippen molar-refractivity contribution in [3.8, 4) is 0 Å². The lowest BCUT2D eigenvalue weighted by atomic mass is 9.72. The van der Waals surface area contributed by atoms with Crippen LogP contribution in [0.4, 0.5) is 0 Å². The van der Waals surface area contributed by atoms with Gasteiger partial charge in [0, 0.05) is 0 Å². The maximum absolute atomic E-state index is 12.5. The van der Waals surface area contributed by atoms with Crippen molar-refractivity contribution in [2.75, 3.05) is 7.11 Å². The number of rotatable bonds is 2. The molecule has 2 unspecified atom stereocenters. The van der Waals surface area contributed by atoms with Crippen molar-refractivity contribution in [3.05, 3.63) is 33.8 Å². The molecule has 0 radical (unpaired) electrons. The number of hydrogen-bond acceptors (Lipinski definition) is 3. The SMILES string of the molecule is COC(=O)C1(c2ccc(Cl)c(Cl)c2)CC2CCC(C1)O2. The molecule has 0 amide bonds. The Hall–Kier alpha value is -0.770. The van der Waals surface area contributed by atoms with E-state index in [1.165, 1.54) is 7.11 Å². The summed E-state index contributed by atoms with van der Waals surface area (Å²) in [7, 11) is 1.43. The minimum absolute atomic E-state index is 0.127. The van der Waals surface area contributed by atoms with Crippen molar-refractivity contribution >= 4 is 29.2 Å². The van der Waals surface area contributed by atoms with E-state index in [0.29, 0.717) is 22.9 Å². The summed E-state index contributed by atoms with van der Waals surface area (Å²) in [4.78, 5) is 12.5. The van der Waals surface area contributed by atoms with E-state index in [1.807, 2.05) is 6.07 Å². The van der Waals surface area contributed by atoms with E-state index in [0.717, 1.165) is 18.4 Å². The number of fused-ring (bicyclic) bond motifs is 2. The highest BCUT2D eigenvalue weighted by Crippen LogP contribution is 2.47. The largest absolute Gasteiger partial charge is 0.468 e. The normalized spacial score (nSPS) is 32.1. The summed E-state index contributed by atoms with van der Waals surface area (Å²) in [5.74, 6) is -0.212. The Bertz CT molecular complexity index is 532. The van der Waals surface area contributed by atoms with Gasteiger partial charge in [-0.25, -0.2) is 0 Å². The van der Waals surface area contributed by atoms with Crippen LogP contribution in [0.1, 0.15) is 31.2 Å². The molecule has 1 aromatic rings. The zero-order chi connectivity index (χ0) is 14.3. The molecule has 0 saturated carbocycles. The summed E-state index contributed by atoms with van der Waals surface area (Å²) in [6.07, 6.45) is 3.56. The highest BCUT2D eigenvalue weighted by atomic mass is 35.5. The van der Waals surface area contributed by atoms with Gasteiger partial charge in [0.05, 0.1) is 34.8 Å². The number of halogens is 2. The molecule has 2 saturated heterocycles. The fourth-order valence-corrected chi connectivity index (χ4v) is 3.75. The highest BCUT2D eigenvalue weighted by molar-refractivity contribution is 6.42. The number of carbonyl (C=O) groups excluding carboxylic acids is 1. The molecule has 5 heteroatoms. The van der Waals surface area contributed by atoms with E-state index in [4.69, 9.17) is 32.7 Å². The molecule has 108 valence electrons. The monoisotopic (exact) mass is 314 g/mol. The van der Waals surface area contributed by atoms with Crippen molar-refractivity contribution in [3.63, 3.8) is 0 Å². The summed E-state index contributed by atoms with van der Waals surface area (Å²) in [5.41, 5.74) is 0.214. The van der Waals surface area contributed by atoms with Crippen molar-refractivity contribution in [1.82, 2.24) is 0 Å². The zero-order valence-electron chi connectivity index (χ0n) is 11.2. The summed E-state index contributed by atoms with van der Waals surface area (Å²) in [6.45, 7) is 0. The Morgan fingerprint density at radius 2 is 1.90 bits per heavy atom. The lowest BCUT2D eigenvalue weighted by Gasteiger charge is -2.38. The Morgan fingerprint density at radius 3 is 2.45 bits per heavy atom. The zero-order valence-corrected chi connectivity index (χ0v) is 12.7. The highest BCUT2D eigenvalue weighted by Gasteiger charge is 2.51. The van der Waals surface area contributed by atoms with Gasteiger partial charge in [0.25, 0.3) is 0 Å². The van der Waals surface area contributed by atoms with Gasteiger partial charge in [0.1, 0.15) is 0 Å². The molecule has 2 aliphatic rings. The van der Waals surface area contributed by atoms with Crippen molar-refractivity contribution in [1.29, 1.82) is 0 Å². The van der Waals surface area contributed by atoms with Crippen LogP contribution in [0.15, 0.2) is 18.2 Å². The van der Waals surface area contributed by atoms with E-state index in [1.54, 1.807) is 12.1 Å². The van der Waals surface area contributed by atoms with Crippen LogP contribution in [0.2, 0.25) is 10.0 Å². The van der Waals surface area contributed by atoms with Crippen molar-refractivity contribution in [2.24, 2.45) is 0 Å². The van der Waals surface area contributed by atoms with Crippen molar-refractivity contribution < 1.29 is 14.3 Å². The minimum Gasteiger partial charge on any atom is -0.468 e. The number of hydrogen-bond donors (Lipinski definition) is 0. The maximum Gasteiger partial charge on any atom is 0.316 e. The second-order valence-corrected chi connectivity index (χ2v) is 6.38. The van der Waals surface area contributed by atoms with Gasteiger partial charge in [-0.3, -0.25) is 4.79 Å². The lowest BCUT2D eigenvalue weighted by molar-refractivity contribution is -0.155. The van der Waals surface area contributed by atoms with Gasteiger partial charge in [-0.1, -0.05) is 29.3 Å². The number of carbonyl (C=O) groups is 1. The quantitative estimate of drug-likeness (QED) is 0.780. The van der Waals surface area contributed by atoms with Gasteiger partial charge >= 0.3 is 5.97 Å². The van der Waals surface area contributed by atoms with Gasteiger partial charge in [0.2, 0.25) is 0 Å². The first-order chi connectivity index (χ1) is 9.55. The van der Waals surface area contributed by atoms with E-state index >= 15 is 0 Å². The lowest BCUT2D eigenvalue weighted by Crippen LogP contribution is -2.45. The Morgan fingerprint density at radius 1 is 1.25 bits per heavy atom. The molecule has 2 fully saturated rings. The Kier molecular flexibility index (Phi) is 3.69. The van der Waals surface area contributed by atoms with Gasteiger partial charge < -0.3 is 9.47 Å². The van der Waals surface area contributed by atoms with E-state index in [2.05, 4.69) is 0 Å². The number of esters is 1. The summed E-state index contributed by atoms with van der Waals surface area (Å²) in [5, 5.41) is 0.955. The van der Waals surface area contributed by atoms with E-state index in [-0.39, 0.29) is 18.2 Å². The molecule has 0 spiro atoms. The van der Waals surface area contributed by atoms with Crippen LogP contribution in [-0.2, 0) is 19.7 Å². The number of methoxy groups -OCH3 is 1. The van der Waals surface area contributed by atoms with Gasteiger partial charge in [-0.2, -0.15) is 0 Å². The van der Waals surface area contributed by atoms with Crippen LogP contribution in [0.3, 0.4) is 0 Å². The number of benzene rings is 1. The van der Waals surface area contributed by atoms with E-state index < -0.39 is 5.41 Å². The first kappa shape index (κ1) is 14.2. The third-order valence-electron chi connectivity index (χ3n) is 4.40. The second kappa shape index (κ2) is 5.21. The molecule has 0 aromatic heterocycles. The van der Waals surface area contributed by atoms with Crippen LogP contribution in [0, 0.1) is 0 Å². The van der Waals surface area contributed by atoms with Crippen molar-refractivity contribution in [2.45, 2.75) is 43.3 Å². The third kappa shape index (κ3) is 2.22. The molecule has 3 nitrogen and oxygen atoms in total. The molecule has 1 aromatic carbocycles. The first-order valence-corrected chi connectivity index (χ1v) is 7.50. The molecule has 2 aliphatic heterocycles. The van der Waals surface area contributed by atoms with Gasteiger partial charge in [-0.15, -0.1) is 0 Å². The summed E-state index contributed by atoms with van der Waals surface area (Å²) >= 11 is 12.1. The molecular formula is C15H16Cl2O3. The van der Waals surface area contributed by atoms with Gasteiger partial charge in [0.15, 0.2) is 0 Å². The molecule has 2 heterocycles. The Labute approximate surface area is 128 Å².